The molecule has 17 heavy (non-hydrogen) atoms. The smallest absolute Gasteiger partial charge is 0.418 e. The number of carbonyl (C=O) groups excluding carboxylic acids is 1. The molecule has 0 aliphatic rings. The maximum Gasteiger partial charge on any atom is 0.418 e. The highest BCUT2D eigenvalue weighted by atomic mass is 19.4. The van der Waals surface area contributed by atoms with Crippen molar-refractivity contribution in [3.05, 3.63) is 28.8 Å². The zero-order valence-corrected chi connectivity index (χ0v) is 9.05. The number of benzene rings is 1. The minimum absolute atomic E-state index is 0.204. The maximum atomic E-state index is 12.8. The van der Waals surface area contributed by atoms with Gasteiger partial charge in [0.25, 0.3) is 0 Å². The van der Waals surface area contributed by atoms with Gasteiger partial charge in [0.15, 0.2) is 5.78 Å². The van der Waals surface area contributed by atoms with Gasteiger partial charge in [-0.25, -0.2) is 0 Å². The topological polar surface area (TPSA) is 50.1 Å². The zero-order valence-electron chi connectivity index (χ0n) is 9.05. The monoisotopic (exact) mass is 243 g/mol. The van der Waals surface area contributed by atoms with Gasteiger partial charge in [0, 0.05) is 5.56 Å². The van der Waals surface area contributed by atoms with E-state index >= 15 is 0 Å². The Labute approximate surface area is 95.4 Å². The minimum atomic E-state index is -4.78. The van der Waals surface area contributed by atoms with Gasteiger partial charge >= 0.3 is 6.18 Å². The fourth-order valence-corrected chi connectivity index (χ4v) is 1.45. The van der Waals surface area contributed by atoms with Gasteiger partial charge in [-0.05, 0) is 19.1 Å². The molecule has 1 rings (SSSR count). The fourth-order valence-electron chi connectivity index (χ4n) is 1.45. The lowest BCUT2D eigenvalue weighted by Crippen LogP contribution is -2.15. The highest BCUT2D eigenvalue weighted by Crippen LogP contribution is 2.38. The first-order valence-electron chi connectivity index (χ1n) is 4.52. The molecule has 0 fully saturated rings. The molecule has 0 aliphatic heterocycles. The van der Waals surface area contributed by atoms with Gasteiger partial charge in [0.05, 0.1) is 12.7 Å². The van der Waals surface area contributed by atoms with Crippen molar-refractivity contribution in [1.82, 2.24) is 0 Å². The number of hydrogen-bond acceptors (Lipinski definition) is 3. The predicted molar refractivity (Wildman–Crippen MR) is 52.7 cm³/mol. The van der Waals surface area contributed by atoms with E-state index in [0.29, 0.717) is 0 Å². The molecule has 0 N–H and O–H groups in total. The quantitative estimate of drug-likeness (QED) is 0.750. The number of nitrogens with zero attached hydrogens (tertiary/aromatic N) is 1. The first-order valence-corrected chi connectivity index (χ1v) is 4.52. The third-order valence-electron chi connectivity index (χ3n) is 2.16. The van der Waals surface area contributed by atoms with Crippen LogP contribution in [0.5, 0.6) is 5.75 Å². The van der Waals surface area contributed by atoms with Crippen LogP contribution in [0.4, 0.5) is 13.2 Å². The van der Waals surface area contributed by atoms with Crippen molar-refractivity contribution >= 4 is 5.78 Å². The predicted octanol–water partition coefficient (Wildman–Crippen LogP) is 2.79. The molecule has 1 aromatic carbocycles. The first kappa shape index (κ1) is 13.0. The summed E-state index contributed by atoms with van der Waals surface area (Å²) < 4.78 is 43.1. The Morgan fingerprint density at radius 3 is 2.35 bits per heavy atom. The van der Waals surface area contributed by atoms with Crippen molar-refractivity contribution in [2.24, 2.45) is 0 Å². The number of halogens is 3. The van der Waals surface area contributed by atoms with E-state index < -0.39 is 28.6 Å². The Bertz CT molecular complexity index is 501. The van der Waals surface area contributed by atoms with E-state index in [1.165, 1.54) is 12.1 Å². The summed E-state index contributed by atoms with van der Waals surface area (Å²) in [7, 11) is 1.16. The fraction of sp³-hybridized carbons (Fsp3) is 0.273. The molecule has 3 nitrogen and oxygen atoms in total. The van der Waals surface area contributed by atoms with Gasteiger partial charge < -0.3 is 4.74 Å². The summed E-state index contributed by atoms with van der Waals surface area (Å²) in [6.07, 6.45) is -4.78. The molecule has 0 unspecified atom stereocenters. The molecule has 0 saturated carbocycles. The Morgan fingerprint density at radius 2 is 2.00 bits per heavy atom. The number of ketones is 1. The maximum absolute atomic E-state index is 12.8. The summed E-state index contributed by atoms with van der Waals surface area (Å²) in [5.41, 5.74) is -2.45. The Balaban J connectivity index is 3.70. The van der Waals surface area contributed by atoms with Gasteiger partial charge in [-0.15, -0.1) is 0 Å². The van der Waals surface area contributed by atoms with Crippen molar-refractivity contribution in [2.75, 3.05) is 7.11 Å². The third-order valence-corrected chi connectivity index (χ3v) is 2.16. The average molecular weight is 243 g/mol. The summed E-state index contributed by atoms with van der Waals surface area (Å²) in [4.78, 5) is 11.1. The zero-order chi connectivity index (χ0) is 13.2. The molecule has 90 valence electrons. The van der Waals surface area contributed by atoms with Crippen LogP contribution >= 0.6 is 0 Å². The van der Waals surface area contributed by atoms with E-state index in [4.69, 9.17) is 5.26 Å². The number of alkyl halides is 3. The molecular formula is C11H8F3NO2. The van der Waals surface area contributed by atoms with Gasteiger partial charge in [-0.1, -0.05) is 0 Å². The number of carbonyl (C=O) groups is 1. The summed E-state index contributed by atoms with van der Waals surface area (Å²) >= 11 is 0. The van der Waals surface area contributed by atoms with Crippen LogP contribution in [0.25, 0.3) is 0 Å². The molecule has 0 amide bonds. The largest absolute Gasteiger partial charge is 0.495 e. The average Bonchev–Trinajstić information content (AvgIpc) is 2.25. The van der Waals surface area contributed by atoms with Gasteiger partial charge in [0.2, 0.25) is 0 Å². The summed E-state index contributed by atoms with van der Waals surface area (Å²) in [5, 5.41) is 8.76. The number of ether oxygens (including phenoxy) is 1. The van der Waals surface area contributed by atoms with E-state index in [0.717, 1.165) is 20.1 Å². The van der Waals surface area contributed by atoms with Gasteiger partial charge in [-0.3, -0.25) is 4.79 Å². The van der Waals surface area contributed by atoms with E-state index in [1.54, 1.807) is 0 Å². The highest BCUT2D eigenvalue weighted by molar-refractivity contribution is 5.96. The lowest BCUT2D eigenvalue weighted by atomic mass is 9.97. The summed E-state index contributed by atoms with van der Waals surface area (Å²) in [6.45, 7) is 1.01. The number of nitriles is 1. The van der Waals surface area contributed by atoms with Gasteiger partial charge in [-0.2, -0.15) is 18.4 Å². The molecule has 6 heteroatoms. The van der Waals surface area contributed by atoms with Crippen molar-refractivity contribution in [2.45, 2.75) is 13.1 Å². The lowest BCUT2D eigenvalue weighted by molar-refractivity contribution is -0.138. The molecule has 0 radical (unpaired) electrons. The van der Waals surface area contributed by atoms with E-state index in [9.17, 15) is 18.0 Å². The second-order valence-corrected chi connectivity index (χ2v) is 3.23. The van der Waals surface area contributed by atoms with Crippen LogP contribution in [0.2, 0.25) is 0 Å². The molecule has 0 spiro atoms. The summed E-state index contributed by atoms with van der Waals surface area (Å²) in [6, 6.07) is 3.60. The van der Waals surface area contributed by atoms with Crippen molar-refractivity contribution in [1.29, 1.82) is 5.26 Å². The number of methoxy groups -OCH3 is 1. The summed E-state index contributed by atoms with van der Waals surface area (Å²) in [5.74, 6) is -0.957. The molecular weight excluding hydrogens is 235 g/mol. The van der Waals surface area contributed by atoms with Crippen LogP contribution in [0.1, 0.15) is 28.4 Å². The standard InChI is InChI=1S/C11H8F3NO2/c1-6(16)7-3-4-9(17-2)8(5-15)10(7)11(12,13)14/h3-4H,1-2H3. The van der Waals surface area contributed by atoms with Crippen LogP contribution in [0.15, 0.2) is 12.1 Å². The van der Waals surface area contributed by atoms with E-state index in [-0.39, 0.29) is 5.75 Å². The lowest BCUT2D eigenvalue weighted by Gasteiger charge is -2.14. The molecule has 0 aromatic heterocycles. The first-order chi connectivity index (χ1) is 7.82. The third kappa shape index (κ3) is 2.38. The Hall–Kier alpha value is -2.03. The van der Waals surface area contributed by atoms with E-state index in [2.05, 4.69) is 4.74 Å². The van der Waals surface area contributed by atoms with Crippen molar-refractivity contribution < 1.29 is 22.7 Å². The highest BCUT2D eigenvalue weighted by Gasteiger charge is 2.38. The van der Waals surface area contributed by atoms with Crippen LogP contribution in [-0.4, -0.2) is 12.9 Å². The number of Topliss-reactive ketones (excluding diaryl/α,β-unsaturated/α-hetero) is 1. The number of rotatable bonds is 2. The van der Waals surface area contributed by atoms with Crippen molar-refractivity contribution in [3.63, 3.8) is 0 Å². The molecule has 0 bridgehead atoms. The number of hydrogen-bond donors (Lipinski definition) is 0. The minimum Gasteiger partial charge on any atom is -0.495 e. The van der Waals surface area contributed by atoms with Crippen LogP contribution in [0, 0.1) is 11.3 Å². The second kappa shape index (κ2) is 4.45. The van der Waals surface area contributed by atoms with Crippen LogP contribution in [-0.2, 0) is 6.18 Å². The molecule has 0 saturated heterocycles. The van der Waals surface area contributed by atoms with Crippen LogP contribution < -0.4 is 4.74 Å². The molecule has 1 aromatic rings. The molecule has 0 atom stereocenters. The van der Waals surface area contributed by atoms with Crippen LogP contribution in [0.3, 0.4) is 0 Å². The molecule has 0 heterocycles. The normalized spacial score (nSPS) is 10.8. The Kier molecular flexibility index (Phi) is 3.42. The second-order valence-electron chi connectivity index (χ2n) is 3.23. The van der Waals surface area contributed by atoms with Gasteiger partial charge in [0.1, 0.15) is 17.4 Å². The van der Waals surface area contributed by atoms with Crippen molar-refractivity contribution in [3.8, 4) is 11.8 Å². The Morgan fingerprint density at radius 1 is 1.41 bits per heavy atom. The van der Waals surface area contributed by atoms with E-state index in [1.807, 2.05) is 0 Å². The SMILES string of the molecule is COc1ccc(C(C)=O)c(C(F)(F)F)c1C#N. The molecule has 0 aliphatic carbocycles.